The van der Waals surface area contributed by atoms with Gasteiger partial charge >= 0.3 is 5.97 Å². The minimum Gasteiger partial charge on any atom is -0.478 e. The lowest BCUT2D eigenvalue weighted by molar-refractivity contribution is -0.132. The van der Waals surface area contributed by atoms with Crippen molar-refractivity contribution in [2.45, 2.75) is 51.9 Å². The van der Waals surface area contributed by atoms with Gasteiger partial charge in [0, 0.05) is 12.2 Å². The molecule has 0 aromatic heterocycles. The summed E-state index contributed by atoms with van der Waals surface area (Å²) in [6, 6.07) is 0. The van der Waals surface area contributed by atoms with Crippen molar-refractivity contribution in [3.05, 3.63) is 11.6 Å². The van der Waals surface area contributed by atoms with Crippen molar-refractivity contribution in [1.82, 2.24) is 0 Å². The third kappa shape index (κ3) is 9.47. The van der Waals surface area contributed by atoms with Gasteiger partial charge in [-0.15, -0.1) is 0 Å². The molecule has 0 aliphatic heterocycles. The van der Waals surface area contributed by atoms with Crippen LogP contribution in [-0.4, -0.2) is 22.8 Å². The Bertz CT molecular complexity index is 197. The molecule has 15 heavy (non-hydrogen) atoms. The molecule has 0 aliphatic carbocycles. The highest BCUT2D eigenvalue weighted by Crippen LogP contribution is 2.08. The third-order valence-electron chi connectivity index (χ3n) is 2.40. The number of allylic oxidation sites excluding steroid dienone is 1. The Hall–Kier alpha value is -0.830. The van der Waals surface area contributed by atoms with Gasteiger partial charge in [-0.3, -0.25) is 0 Å². The first kappa shape index (κ1) is 14.2. The summed E-state index contributed by atoms with van der Waals surface area (Å²) in [6.45, 7) is 1.92. The molecule has 0 rings (SSSR count). The molecule has 0 aromatic rings. The number of rotatable bonds is 9. The van der Waals surface area contributed by atoms with Gasteiger partial charge in [0.15, 0.2) is 0 Å². The first-order chi connectivity index (χ1) is 7.18. The topological polar surface area (TPSA) is 57.5 Å². The number of carboxylic acid groups (broad SMARTS) is 1. The van der Waals surface area contributed by atoms with Gasteiger partial charge in [-0.2, -0.15) is 0 Å². The largest absolute Gasteiger partial charge is 0.478 e. The number of hydrogen-bond donors (Lipinski definition) is 2. The molecule has 0 amide bonds. The van der Waals surface area contributed by atoms with E-state index in [9.17, 15) is 4.79 Å². The summed E-state index contributed by atoms with van der Waals surface area (Å²) in [5.41, 5.74) is 0.440. The summed E-state index contributed by atoms with van der Waals surface area (Å²) in [5, 5.41) is 17.1. The molecule has 0 radical (unpaired) electrons. The molecule has 0 aliphatic rings. The molecule has 0 atom stereocenters. The molecule has 88 valence electrons. The van der Waals surface area contributed by atoms with E-state index in [0.717, 1.165) is 32.1 Å². The van der Waals surface area contributed by atoms with Crippen LogP contribution in [0.3, 0.4) is 0 Å². The van der Waals surface area contributed by atoms with Crippen LogP contribution in [0.1, 0.15) is 51.9 Å². The highest BCUT2D eigenvalue weighted by molar-refractivity contribution is 5.85. The smallest absolute Gasteiger partial charge is 0.330 e. The maximum atomic E-state index is 10.4. The van der Waals surface area contributed by atoms with Gasteiger partial charge in [-0.1, -0.05) is 31.8 Å². The zero-order valence-electron chi connectivity index (χ0n) is 9.54. The summed E-state index contributed by atoms with van der Waals surface area (Å²) >= 11 is 0. The SMILES string of the molecule is C/C(=C\CCCCCCCCO)C(=O)O. The van der Waals surface area contributed by atoms with Gasteiger partial charge in [0.1, 0.15) is 0 Å². The van der Waals surface area contributed by atoms with E-state index in [2.05, 4.69) is 0 Å². The number of aliphatic hydroxyl groups is 1. The van der Waals surface area contributed by atoms with Gasteiger partial charge in [0.05, 0.1) is 0 Å². The molecule has 0 bridgehead atoms. The van der Waals surface area contributed by atoms with E-state index in [1.165, 1.54) is 12.8 Å². The maximum absolute atomic E-state index is 10.4. The average molecular weight is 214 g/mol. The Balaban J connectivity index is 3.25. The zero-order chi connectivity index (χ0) is 11.5. The van der Waals surface area contributed by atoms with Crippen molar-refractivity contribution >= 4 is 5.97 Å². The van der Waals surface area contributed by atoms with Gasteiger partial charge in [0.25, 0.3) is 0 Å². The normalized spacial score (nSPS) is 11.7. The Kier molecular flexibility index (Phi) is 9.18. The van der Waals surface area contributed by atoms with Crippen LogP contribution in [0.4, 0.5) is 0 Å². The Morgan fingerprint density at radius 2 is 1.60 bits per heavy atom. The van der Waals surface area contributed by atoms with E-state index < -0.39 is 5.97 Å². The lowest BCUT2D eigenvalue weighted by Gasteiger charge is -1.99. The predicted molar refractivity (Wildman–Crippen MR) is 60.8 cm³/mol. The van der Waals surface area contributed by atoms with Crippen molar-refractivity contribution in [3.8, 4) is 0 Å². The number of aliphatic hydroxyl groups excluding tert-OH is 1. The minimum atomic E-state index is -0.821. The highest BCUT2D eigenvalue weighted by atomic mass is 16.4. The molecule has 3 nitrogen and oxygen atoms in total. The second-order valence-electron chi connectivity index (χ2n) is 3.83. The Morgan fingerprint density at radius 3 is 2.13 bits per heavy atom. The van der Waals surface area contributed by atoms with Crippen molar-refractivity contribution in [3.63, 3.8) is 0 Å². The second kappa shape index (κ2) is 9.71. The van der Waals surface area contributed by atoms with Crippen LogP contribution >= 0.6 is 0 Å². The van der Waals surface area contributed by atoms with E-state index in [1.54, 1.807) is 13.0 Å². The minimum absolute atomic E-state index is 0.292. The van der Waals surface area contributed by atoms with Gasteiger partial charge in [0.2, 0.25) is 0 Å². The number of aliphatic carboxylic acids is 1. The van der Waals surface area contributed by atoms with Crippen LogP contribution in [0, 0.1) is 0 Å². The summed E-state index contributed by atoms with van der Waals surface area (Å²) in [6.07, 6.45) is 9.20. The van der Waals surface area contributed by atoms with Gasteiger partial charge in [-0.25, -0.2) is 4.79 Å². The fourth-order valence-corrected chi connectivity index (χ4v) is 1.37. The molecule has 0 saturated heterocycles. The van der Waals surface area contributed by atoms with E-state index >= 15 is 0 Å². The van der Waals surface area contributed by atoms with E-state index in [0.29, 0.717) is 12.2 Å². The van der Waals surface area contributed by atoms with E-state index in [-0.39, 0.29) is 0 Å². The zero-order valence-corrected chi connectivity index (χ0v) is 9.54. The average Bonchev–Trinajstić information content (AvgIpc) is 2.21. The van der Waals surface area contributed by atoms with Gasteiger partial charge < -0.3 is 10.2 Å². The second-order valence-corrected chi connectivity index (χ2v) is 3.83. The van der Waals surface area contributed by atoms with Crippen LogP contribution in [0.15, 0.2) is 11.6 Å². The fraction of sp³-hybridized carbons (Fsp3) is 0.750. The lowest BCUT2D eigenvalue weighted by Crippen LogP contribution is -1.95. The fourth-order valence-electron chi connectivity index (χ4n) is 1.37. The predicted octanol–water partition coefficient (Wildman–Crippen LogP) is 2.74. The standard InChI is InChI=1S/C12H22O3/c1-11(12(14)15)9-7-5-3-2-4-6-8-10-13/h9,13H,2-8,10H2,1H3,(H,14,15)/b11-9+. The highest BCUT2D eigenvalue weighted by Gasteiger charge is 1.97. The molecular formula is C12H22O3. The summed E-state index contributed by atoms with van der Waals surface area (Å²) in [4.78, 5) is 10.4. The van der Waals surface area contributed by atoms with Crippen molar-refractivity contribution in [2.24, 2.45) is 0 Å². The molecule has 0 heterocycles. The molecule has 0 aromatic carbocycles. The maximum Gasteiger partial charge on any atom is 0.330 e. The van der Waals surface area contributed by atoms with Crippen LogP contribution in [0.25, 0.3) is 0 Å². The number of carboxylic acids is 1. The van der Waals surface area contributed by atoms with Crippen molar-refractivity contribution in [1.29, 1.82) is 0 Å². The summed E-state index contributed by atoms with van der Waals surface area (Å²) < 4.78 is 0. The van der Waals surface area contributed by atoms with Gasteiger partial charge in [-0.05, 0) is 26.2 Å². The van der Waals surface area contributed by atoms with Crippen LogP contribution in [-0.2, 0) is 4.79 Å². The molecular weight excluding hydrogens is 192 g/mol. The molecule has 0 saturated carbocycles. The Labute approximate surface area is 91.8 Å². The van der Waals surface area contributed by atoms with Crippen molar-refractivity contribution in [2.75, 3.05) is 6.61 Å². The lowest BCUT2D eigenvalue weighted by atomic mass is 10.1. The number of carbonyl (C=O) groups is 1. The van der Waals surface area contributed by atoms with Crippen LogP contribution in [0.5, 0.6) is 0 Å². The first-order valence-electron chi connectivity index (χ1n) is 5.69. The third-order valence-corrected chi connectivity index (χ3v) is 2.40. The number of hydrogen-bond acceptors (Lipinski definition) is 2. The van der Waals surface area contributed by atoms with E-state index in [4.69, 9.17) is 10.2 Å². The molecule has 2 N–H and O–H groups in total. The molecule has 0 spiro atoms. The first-order valence-corrected chi connectivity index (χ1v) is 5.69. The summed E-state index contributed by atoms with van der Waals surface area (Å²) in [5.74, 6) is -0.821. The van der Waals surface area contributed by atoms with Crippen LogP contribution < -0.4 is 0 Å². The molecule has 0 fully saturated rings. The Morgan fingerprint density at radius 1 is 1.07 bits per heavy atom. The number of unbranched alkanes of at least 4 members (excludes halogenated alkanes) is 6. The monoisotopic (exact) mass is 214 g/mol. The van der Waals surface area contributed by atoms with Crippen LogP contribution in [0.2, 0.25) is 0 Å². The quantitative estimate of drug-likeness (QED) is 0.458. The molecule has 3 heteroatoms. The van der Waals surface area contributed by atoms with Crippen molar-refractivity contribution < 1.29 is 15.0 Å². The summed E-state index contributed by atoms with van der Waals surface area (Å²) in [7, 11) is 0. The molecule has 0 unspecified atom stereocenters. The van der Waals surface area contributed by atoms with E-state index in [1.807, 2.05) is 0 Å².